The van der Waals surface area contributed by atoms with Crippen LogP contribution in [0.4, 0.5) is 0 Å². The standard InChI is InChI=1S/C17H25N3O2/c21-12-8-18-17(22)15-6-4-14(5-7-15)13-20-11-2-10-19-9-1-3-16(19)20/h4-7,16,21H,1-3,8-13H2,(H,18,22). The Morgan fingerprint density at radius 1 is 1.18 bits per heavy atom. The molecule has 2 fully saturated rings. The topological polar surface area (TPSA) is 55.8 Å². The first kappa shape index (κ1) is 15.5. The molecule has 2 heterocycles. The van der Waals surface area contributed by atoms with E-state index < -0.39 is 0 Å². The number of aliphatic hydroxyl groups is 1. The van der Waals surface area contributed by atoms with Gasteiger partial charge in [0.2, 0.25) is 0 Å². The van der Waals surface area contributed by atoms with Crippen LogP contribution in [0.15, 0.2) is 24.3 Å². The summed E-state index contributed by atoms with van der Waals surface area (Å²) in [5, 5.41) is 11.4. The normalized spacial score (nSPS) is 22.5. The number of fused-ring (bicyclic) bond motifs is 1. The van der Waals surface area contributed by atoms with E-state index >= 15 is 0 Å². The van der Waals surface area contributed by atoms with E-state index in [4.69, 9.17) is 5.11 Å². The third kappa shape index (κ3) is 3.48. The lowest BCUT2D eigenvalue weighted by molar-refractivity contribution is 0.0287. The van der Waals surface area contributed by atoms with Crippen LogP contribution in [0.1, 0.15) is 35.2 Å². The number of carbonyl (C=O) groups is 1. The highest BCUT2D eigenvalue weighted by Gasteiger charge is 2.32. The first-order valence-electron chi connectivity index (χ1n) is 8.24. The molecule has 2 aliphatic heterocycles. The summed E-state index contributed by atoms with van der Waals surface area (Å²) in [6.07, 6.45) is 4.45. The molecule has 0 aliphatic carbocycles. The van der Waals surface area contributed by atoms with Gasteiger partial charge in [0.15, 0.2) is 0 Å². The highest BCUT2D eigenvalue weighted by molar-refractivity contribution is 5.94. The Balaban J connectivity index is 1.60. The zero-order valence-electron chi connectivity index (χ0n) is 13.0. The number of amides is 1. The molecule has 1 amide bonds. The van der Waals surface area contributed by atoms with E-state index in [9.17, 15) is 4.79 Å². The van der Waals surface area contributed by atoms with Crippen LogP contribution in [0.25, 0.3) is 0 Å². The summed E-state index contributed by atoms with van der Waals surface area (Å²) in [5.41, 5.74) is 1.91. The maximum Gasteiger partial charge on any atom is 0.251 e. The van der Waals surface area contributed by atoms with Crippen molar-refractivity contribution in [2.75, 3.05) is 32.8 Å². The summed E-state index contributed by atoms with van der Waals surface area (Å²) in [4.78, 5) is 17.0. The fraction of sp³-hybridized carbons (Fsp3) is 0.588. The predicted octanol–water partition coefficient (Wildman–Crippen LogP) is 1.04. The molecule has 0 bridgehead atoms. The Morgan fingerprint density at radius 3 is 2.73 bits per heavy atom. The Bertz CT molecular complexity index is 503. The number of rotatable bonds is 5. The van der Waals surface area contributed by atoms with Gasteiger partial charge in [-0.3, -0.25) is 14.6 Å². The number of nitrogens with one attached hydrogen (secondary N) is 1. The van der Waals surface area contributed by atoms with Crippen LogP contribution >= 0.6 is 0 Å². The maximum absolute atomic E-state index is 11.8. The number of aliphatic hydroxyl groups excluding tert-OH is 1. The van der Waals surface area contributed by atoms with Crippen LogP contribution in [-0.4, -0.2) is 59.8 Å². The minimum Gasteiger partial charge on any atom is -0.395 e. The summed E-state index contributed by atoms with van der Waals surface area (Å²) in [6.45, 7) is 4.87. The second kappa shape index (κ2) is 7.22. The Kier molecular flexibility index (Phi) is 5.08. The van der Waals surface area contributed by atoms with E-state index in [1.54, 1.807) is 0 Å². The molecule has 120 valence electrons. The van der Waals surface area contributed by atoms with Gasteiger partial charge in [0.25, 0.3) is 5.91 Å². The molecule has 2 N–H and O–H groups in total. The predicted molar refractivity (Wildman–Crippen MR) is 85.5 cm³/mol. The molecule has 5 nitrogen and oxygen atoms in total. The molecule has 22 heavy (non-hydrogen) atoms. The highest BCUT2D eigenvalue weighted by atomic mass is 16.3. The minimum atomic E-state index is -0.124. The first-order chi connectivity index (χ1) is 10.8. The van der Waals surface area contributed by atoms with Gasteiger partial charge in [-0.15, -0.1) is 0 Å². The molecule has 1 aromatic carbocycles. The molecule has 0 aromatic heterocycles. The third-order valence-electron chi connectivity index (χ3n) is 4.64. The van der Waals surface area contributed by atoms with Gasteiger partial charge in [0.05, 0.1) is 12.8 Å². The van der Waals surface area contributed by atoms with Crippen molar-refractivity contribution in [2.45, 2.75) is 32.0 Å². The SMILES string of the molecule is O=C(NCCO)c1ccc(CN2CCCN3CCCC32)cc1. The fourth-order valence-electron chi connectivity index (χ4n) is 3.56. The van der Waals surface area contributed by atoms with E-state index in [0.717, 1.165) is 6.54 Å². The van der Waals surface area contributed by atoms with Gasteiger partial charge < -0.3 is 10.4 Å². The molecule has 3 rings (SSSR count). The van der Waals surface area contributed by atoms with Crippen LogP contribution in [0.5, 0.6) is 0 Å². The molecule has 2 aliphatic rings. The smallest absolute Gasteiger partial charge is 0.251 e. The van der Waals surface area contributed by atoms with Crippen molar-refractivity contribution in [3.63, 3.8) is 0 Å². The zero-order valence-corrected chi connectivity index (χ0v) is 13.0. The highest BCUT2D eigenvalue weighted by Crippen LogP contribution is 2.26. The average molecular weight is 303 g/mol. The quantitative estimate of drug-likeness (QED) is 0.853. The van der Waals surface area contributed by atoms with E-state index in [1.807, 2.05) is 24.3 Å². The molecule has 5 heteroatoms. The van der Waals surface area contributed by atoms with Crippen molar-refractivity contribution >= 4 is 5.91 Å². The van der Waals surface area contributed by atoms with Gasteiger partial charge in [0, 0.05) is 31.7 Å². The van der Waals surface area contributed by atoms with Gasteiger partial charge in [-0.25, -0.2) is 0 Å². The van der Waals surface area contributed by atoms with Gasteiger partial charge >= 0.3 is 0 Å². The second-order valence-electron chi connectivity index (χ2n) is 6.16. The Labute approximate surface area is 131 Å². The fourth-order valence-corrected chi connectivity index (χ4v) is 3.56. The van der Waals surface area contributed by atoms with E-state index in [0.29, 0.717) is 18.3 Å². The maximum atomic E-state index is 11.8. The van der Waals surface area contributed by atoms with Crippen molar-refractivity contribution in [3.05, 3.63) is 35.4 Å². The van der Waals surface area contributed by atoms with E-state index in [-0.39, 0.29) is 12.5 Å². The molecular weight excluding hydrogens is 278 g/mol. The molecule has 2 saturated heterocycles. The summed E-state index contributed by atoms with van der Waals surface area (Å²) in [5.74, 6) is -0.124. The molecule has 0 radical (unpaired) electrons. The number of hydrogen-bond donors (Lipinski definition) is 2. The van der Waals surface area contributed by atoms with Crippen molar-refractivity contribution in [1.82, 2.24) is 15.1 Å². The molecule has 1 unspecified atom stereocenters. The molecule has 1 atom stereocenters. The van der Waals surface area contributed by atoms with Crippen molar-refractivity contribution < 1.29 is 9.90 Å². The van der Waals surface area contributed by atoms with Crippen molar-refractivity contribution in [2.24, 2.45) is 0 Å². The van der Waals surface area contributed by atoms with Crippen molar-refractivity contribution in [3.8, 4) is 0 Å². The number of hydrogen-bond acceptors (Lipinski definition) is 4. The van der Waals surface area contributed by atoms with Crippen LogP contribution < -0.4 is 5.32 Å². The van der Waals surface area contributed by atoms with Gasteiger partial charge in [0.1, 0.15) is 0 Å². The summed E-state index contributed by atoms with van der Waals surface area (Å²) >= 11 is 0. The third-order valence-corrected chi connectivity index (χ3v) is 4.64. The number of benzene rings is 1. The minimum absolute atomic E-state index is 0.0311. The lowest BCUT2D eigenvalue weighted by atomic mass is 10.1. The molecular formula is C17H25N3O2. The lowest BCUT2D eigenvalue weighted by Crippen LogP contribution is -2.49. The van der Waals surface area contributed by atoms with Gasteiger partial charge in [-0.2, -0.15) is 0 Å². The van der Waals surface area contributed by atoms with Crippen LogP contribution in [-0.2, 0) is 6.54 Å². The first-order valence-corrected chi connectivity index (χ1v) is 8.24. The Morgan fingerprint density at radius 2 is 1.95 bits per heavy atom. The van der Waals surface area contributed by atoms with Crippen LogP contribution in [0, 0.1) is 0 Å². The monoisotopic (exact) mass is 303 g/mol. The van der Waals surface area contributed by atoms with E-state index in [1.165, 1.54) is 44.5 Å². The summed E-state index contributed by atoms with van der Waals surface area (Å²) < 4.78 is 0. The number of carbonyl (C=O) groups excluding carboxylic acids is 1. The van der Waals surface area contributed by atoms with E-state index in [2.05, 4.69) is 15.1 Å². The van der Waals surface area contributed by atoms with Crippen LogP contribution in [0.2, 0.25) is 0 Å². The summed E-state index contributed by atoms with van der Waals surface area (Å²) in [6, 6.07) is 7.83. The van der Waals surface area contributed by atoms with Gasteiger partial charge in [-0.05, 0) is 43.5 Å². The molecule has 0 spiro atoms. The largest absolute Gasteiger partial charge is 0.395 e. The Hall–Kier alpha value is -1.43. The van der Waals surface area contributed by atoms with Crippen molar-refractivity contribution in [1.29, 1.82) is 0 Å². The second-order valence-corrected chi connectivity index (χ2v) is 6.16. The average Bonchev–Trinajstić information content (AvgIpc) is 3.03. The number of nitrogens with zero attached hydrogens (tertiary/aromatic N) is 2. The summed E-state index contributed by atoms with van der Waals surface area (Å²) in [7, 11) is 0. The lowest BCUT2D eigenvalue weighted by Gasteiger charge is -2.40. The van der Waals surface area contributed by atoms with Gasteiger partial charge in [-0.1, -0.05) is 12.1 Å². The van der Waals surface area contributed by atoms with Crippen LogP contribution in [0.3, 0.4) is 0 Å². The molecule has 0 saturated carbocycles. The zero-order chi connectivity index (χ0) is 15.4. The molecule has 1 aromatic rings.